The number of rotatable bonds is 3. The molecule has 0 saturated carbocycles. The smallest absolute Gasteiger partial charge is 0.256 e. The summed E-state index contributed by atoms with van der Waals surface area (Å²) in [4.78, 5) is 17.6. The van der Waals surface area contributed by atoms with Crippen molar-refractivity contribution < 1.29 is 4.79 Å². The maximum atomic E-state index is 12.9. The van der Waals surface area contributed by atoms with Crippen molar-refractivity contribution in [1.82, 2.24) is 9.38 Å². The van der Waals surface area contributed by atoms with E-state index in [1.165, 1.54) is 0 Å². The Labute approximate surface area is 191 Å². The molecule has 0 aliphatic rings. The van der Waals surface area contributed by atoms with Gasteiger partial charge in [-0.25, -0.2) is 4.98 Å². The van der Waals surface area contributed by atoms with E-state index >= 15 is 0 Å². The van der Waals surface area contributed by atoms with E-state index in [1.54, 1.807) is 24.3 Å². The summed E-state index contributed by atoms with van der Waals surface area (Å²) in [6.45, 7) is 0. The first-order valence-corrected chi connectivity index (χ1v) is 10.9. The topological polar surface area (TPSA) is 46.4 Å². The molecule has 4 nitrogen and oxygen atoms in total. The third-order valence-corrected chi connectivity index (χ3v) is 5.90. The Morgan fingerprint density at radius 1 is 0.964 bits per heavy atom. The van der Waals surface area contributed by atoms with E-state index in [1.807, 2.05) is 40.9 Å². The maximum Gasteiger partial charge on any atom is 0.256 e. The van der Waals surface area contributed by atoms with E-state index < -0.39 is 0 Å². The highest BCUT2D eigenvalue weighted by atomic mass is 79.9. The Morgan fingerprint density at radius 2 is 1.64 bits per heavy atom. The van der Waals surface area contributed by atoms with Crippen LogP contribution in [-0.2, 0) is 0 Å². The van der Waals surface area contributed by atoms with Gasteiger partial charge in [0.25, 0.3) is 5.91 Å². The minimum Gasteiger partial charge on any atom is -0.306 e. The summed E-state index contributed by atoms with van der Waals surface area (Å²) in [5.41, 5.74) is 2.75. The van der Waals surface area contributed by atoms with Gasteiger partial charge in [-0.05, 0) is 74.3 Å². The van der Waals surface area contributed by atoms with Gasteiger partial charge in [-0.15, -0.1) is 0 Å². The summed E-state index contributed by atoms with van der Waals surface area (Å²) in [6.07, 6.45) is 1.86. The van der Waals surface area contributed by atoms with Crippen molar-refractivity contribution in [2.75, 3.05) is 5.32 Å². The van der Waals surface area contributed by atoms with Crippen molar-refractivity contribution in [3.05, 3.63) is 84.8 Å². The zero-order valence-electron chi connectivity index (χ0n) is 14.1. The monoisotopic (exact) mass is 581 g/mol. The predicted octanol–water partition coefficient (Wildman–Crippen LogP) is 7.19. The molecule has 1 amide bonds. The van der Waals surface area contributed by atoms with Crippen LogP contribution in [0, 0.1) is 0 Å². The Bertz CT molecular complexity index is 1190. The van der Waals surface area contributed by atoms with Gasteiger partial charge in [0, 0.05) is 31.3 Å². The summed E-state index contributed by atoms with van der Waals surface area (Å²) in [6, 6.07) is 16.4. The average Bonchev–Trinajstić information content (AvgIpc) is 3.01. The number of benzene rings is 2. The Morgan fingerprint density at radius 3 is 2.32 bits per heavy atom. The van der Waals surface area contributed by atoms with Crippen molar-refractivity contribution in [3.63, 3.8) is 0 Å². The van der Waals surface area contributed by atoms with Crippen LogP contribution in [0.2, 0.25) is 5.02 Å². The molecule has 4 rings (SSSR count). The highest BCUT2D eigenvalue weighted by molar-refractivity contribution is 9.11. The standard InChI is InChI=1S/C20H11Br3ClN3O/c21-13-5-1-12(2-6-13)20(28)26-19-17(11-3-7-15(24)8-4-11)25-18-16(23)9-14(22)10-27(18)19/h1-10H,(H,26,28). The molecule has 1 N–H and O–H groups in total. The molecule has 0 aliphatic carbocycles. The van der Waals surface area contributed by atoms with Gasteiger partial charge in [0.05, 0.1) is 4.47 Å². The predicted molar refractivity (Wildman–Crippen MR) is 123 cm³/mol. The van der Waals surface area contributed by atoms with Crippen LogP contribution in [0.1, 0.15) is 10.4 Å². The molecule has 4 aromatic rings. The zero-order valence-corrected chi connectivity index (χ0v) is 19.6. The van der Waals surface area contributed by atoms with E-state index in [4.69, 9.17) is 16.6 Å². The number of aromatic nitrogens is 2. The first kappa shape index (κ1) is 19.6. The third kappa shape index (κ3) is 3.89. The zero-order chi connectivity index (χ0) is 19.8. The number of imidazole rings is 1. The Kier molecular flexibility index (Phi) is 5.60. The van der Waals surface area contributed by atoms with Crippen LogP contribution in [0.4, 0.5) is 5.82 Å². The van der Waals surface area contributed by atoms with Gasteiger partial charge in [-0.3, -0.25) is 9.20 Å². The molecule has 0 unspecified atom stereocenters. The largest absolute Gasteiger partial charge is 0.306 e. The number of halogens is 4. The number of fused-ring (bicyclic) bond motifs is 1. The lowest BCUT2D eigenvalue weighted by molar-refractivity contribution is 0.102. The molecule has 28 heavy (non-hydrogen) atoms. The molecule has 0 bridgehead atoms. The van der Waals surface area contributed by atoms with E-state index in [0.29, 0.717) is 27.7 Å². The molecular weight excluding hydrogens is 573 g/mol. The molecule has 2 aromatic heterocycles. The van der Waals surface area contributed by atoms with Crippen LogP contribution in [0.15, 0.2) is 74.2 Å². The van der Waals surface area contributed by atoms with Gasteiger partial charge in [-0.2, -0.15) is 0 Å². The highest BCUT2D eigenvalue weighted by Crippen LogP contribution is 2.34. The second-order valence-electron chi connectivity index (χ2n) is 5.98. The van der Waals surface area contributed by atoms with Gasteiger partial charge in [0.2, 0.25) is 0 Å². The molecule has 0 spiro atoms. The van der Waals surface area contributed by atoms with Crippen molar-refractivity contribution in [2.45, 2.75) is 0 Å². The Hall–Kier alpha value is -1.67. The highest BCUT2D eigenvalue weighted by Gasteiger charge is 2.19. The van der Waals surface area contributed by atoms with Crippen LogP contribution in [0.25, 0.3) is 16.9 Å². The number of anilines is 1. The quantitative estimate of drug-likeness (QED) is 0.277. The summed E-state index contributed by atoms with van der Waals surface area (Å²) in [5, 5.41) is 3.64. The number of nitrogens with zero attached hydrogens (tertiary/aromatic N) is 2. The van der Waals surface area contributed by atoms with Crippen LogP contribution < -0.4 is 5.32 Å². The summed E-state index contributed by atoms with van der Waals surface area (Å²) >= 11 is 16.5. The van der Waals surface area contributed by atoms with Crippen LogP contribution >= 0.6 is 59.4 Å². The van der Waals surface area contributed by atoms with E-state index in [0.717, 1.165) is 19.0 Å². The van der Waals surface area contributed by atoms with Gasteiger partial charge < -0.3 is 5.32 Å². The van der Waals surface area contributed by atoms with E-state index in [-0.39, 0.29) is 5.91 Å². The molecular formula is C20H11Br3ClN3O. The first-order chi connectivity index (χ1) is 13.4. The van der Waals surface area contributed by atoms with E-state index in [2.05, 4.69) is 53.1 Å². The number of carbonyl (C=O) groups is 1. The Balaban J connectivity index is 1.86. The molecule has 0 atom stereocenters. The molecule has 0 aliphatic heterocycles. The lowest BCUT2D eigenvalue weighted by atomic mass is 10.1. The molecule has 0 radical (unpaired) electrons. The molecule has 2 heterocycles. The summed E-state index contributed by atoms with van der Waals surface area (Å²) < 4.78 is 4.41. The third-order valence-electron chi connectivity index (χ3n) is 4.10. The second kappa shape index (κ2) is 7.99. The lowest BCUT2D eigenvalue weighted by Crippen LogP contribution is -2.14. The number of nitrogens with one attached hydrogen (secondary N) is 1. The maximum absolute atomic E-state index is 12.9. The fourth-order valence-electron chi connectivity index (χ4n) is 2.78. The van der Waals surface area contributed by atoms with Gasteiger partial charge in [0.1, 0.15) is 11.5 Å². The SMILES string of the molecule is O=C(Nc1c(-c2ccc(Cl)cc2)nc2c(Br)cc(Br)cn12)c1ccc(Br)cc1. The average molecular weight is 584 g/mol. The first-order valence-electron chi connectivity index (χ1n) is 8.12. The van der Waals surface area contributed by atoms with Gasteiger partial charge in [0.15, 0.2) is 5.65 Å². The number of hydrogen-bond acceptors (Lipinski definition) is 2. The van der Waals surface area contributed by atoms with Crippen molar-refractivity contribution in [1.29, 1.82) is 0 Å². The van der Waals surface area contributed by atoms with Crippen molar-refractivity contribution in [2.24, 2.45) is 0 Å². The number of pyridine rings is 1. The van der Waals surface area contributed by atoms with Crippen molar-refractivity contribution >= 4 is 76.8 Å². The molecule has 140 valence electrons. The van der Waals surface area contributed by atoms with Gasteiger partial charge >= 0.3 is 0 Å². The molecule has 0 fully saturated rings. The fraction of sp³-hybridized carbons (Fsp3) is 0. The summed E-state index contributed by atoms with van der Waals surface area (Å²) in [5.74, 6) is 0.354. The number of amides is 1. The second-order valence-corrected chi connectivity index (χ2v) is 9.10. The van der Waals surface area contributed by atoms with Crippen LogP contribution in [0.3, 0.4) is 0 Å². The van der Waals surface area contributed by atoms with Crippen LogP contribution in [0.5, 0.6) is 0 Å². The molecule has 8 heteroatoms. The number of hydrogen-bond donors (Lipinski definition) is 1. The molecule has 2 aromatic carbocycles. The number of carbonyl (C=O) groups excluding carboxylic acids is 1. The minimum atomic E-state index is -0.222. The van der Waals surface area contributed by atoms with Gasteiger partial charge in [-0.1, -0.05) is 39.7 Å². The fourth-order valence-corrected chi connectivity index (χ4v) is 4.44. The van der Waals surface area contributed by atoms with Crippen molar-refractivity contribution in [3.8, 4) is 11.3 Å². The normalized spacial score (nSPS) is 11.0. The molecule has 0 saturated heterocycles. The summed E-state index contributed by atoms with van der Waals surface area (Å²) in [7, 11) is 0. The van der Waals surface area contributed by atoms with Crippen LogP contribution in [-0.4, -0.2) is 15.3 Å². The lowest BCUT2D eigenvalue weighted by Gasteiger charge is -2.09. The minimum absolute atomic E-state index is 0.222. The van der Waals surface area contributed by atoms with E-state index in [9.17, 15) is 4.79 Å².